The molecule has 15 heteroatoms. The summed E-state index contributed by atoms with van der Waals surface area (Å²) in [7, 11) is 0. The molecule has 2 aromatic rings. The molecule has 2 aliphatic heterocycles. The molecule has 292 valence electrons. The third-order valence-corrected chi connectivity index (χ3v) is 10.8. The molecule has 3 heterocycles. The molecule has 4 fully saturated rings. The zero-order valence-electron chi connectivity index (χ0n) is 31.3. The molecule has 2 saturated heterocycles. The standard InChI is InChI=1S/C39H52N6O9/c1-3-52-39(51)44-20-18-43(19-21-44)38(50)29(15-16-35(47)54-27-10-4-5-11-27)42-36(48)31-23-33(28-14-13-25(2)22-30(28)41-31)53-24-34(46)45-17-7-12-32(45)37(49)40-26-8-6-9-26/h13-14,22-23,26-27,29,32H,3-12,15-21,24H2,1-2H3,(H,40,49)(H,42,48). The van der Waals surface area contributed by atoms with E-state index in [0.717, 1.165) is 56.9 Å². The lowest BCUT2D eigenvalue weighted by molar-refractivity contribution is -0.149. The number of carbonyl (C=O) groups excluding carboxylic acids is 6. The van der Waals surface area contributed by atoms with Gasteiger partial charge in [0, 0.05) is 56.6 Å². The van der Waals surface area contributed by atoms with Crippen molar-refractivity contribution < 1.29 is 43.0 Å². The number of benzene rings is 1. The van der Waals surface area contributed by atoms with Crippen molar-refractivity contribution in [2.24, 2.45) is 0 Å². The average molecular weight is 749 g/mol. The van der Waals surface area contributed by atoms with Crippen LogP contribution in [0.4, 0.5) is 4.79 Å². The molecule has 5 amide bonds. The second kappa shape index (κ2) is 17.9. The SMILES string of the molecule is CCOC(=O)N1CCN(C(=O)C(CCC(=O)OC2CCCC2)NC(=O)c2cc(OCC(=O)N3CCCC3C(=O)NC3CCC3)c3ccc(C)cc3n2)CC1. The fourth-order valence-corrected chi connectivity index (χ4v) is 7.50. The van der Waals surface area contributed by atoms with Gasteiger partial charge in [0.2, 0.25) is 11.8 Å². The number of fused-ring (bicyclic) bond motifs is 1. The van der Waals surface area contributed by atoms with Gasteiger partial charge < -0.3 is 39.5 Å². The van der Waals surface area contributed by atoms with Gasteiger partial charge in [-0.25, -0.2) is 9.78 Å². The molecule has 6 rings (SSSR count). The molecule has 2 aliphatic carbocycles. The number of ether oxygens (including phenoxy) is 3. The molecule has 4 aliphatic rings. The monoisotopic (exact) mass is 748 g/mol. The van der Waals surface area contributed by atoms with Gasteiger partial charge in [-0.05, 0) is 95.8 Å². The summed E-state index contributed by atoms with van der Waals surface area (Å²) in [6.07, 6.45) is 7.28. The number of hydrogen-bond donors (Lipinski definition) is 2. The van der Waals surface area contributed by atoms with E-state index >= 15 is 0 Å². The van der Waals surface area contributed by atoms with Crippen molar-refractivity contribution in [2.75, 3.05) is 45.9 Å². The van der Waals surface area contributed by atoms with Crippen LogP contribution in [-0.4, -0.2) is 126 Å². The molecular formula is C39H52N6O9. The summed E-state index contributed by atoms with van der Waals surface area (Å²) in [6, 6.07) is 5.47. The Balaban J connectivity index is 1.16. The highest BCUT2D eigenvalue weighted by Gasteiger charge is 2.36. The molecule has 2 atom stereocenters. The van der Waals surface area contributed by atoms with Crippen molar-refractivity contribution in [3.05, 3.63) is 35.5 Å². The highest BCUT2D eigenvalue weighted by Crippen LogP contribution is 2.28. The summed E-state index contributed by atoms with van der Waals surface area (Å²) >= 11 is 0. The van der Waals surface area contributed by atoms with E-state index in [1.165, 1.54) is 11.0 Å². The van der Waals surface area contributed by atoms with E-state index in [9.17, 15) is 28.8 Å². The predicted molar refractivity (Wildman–Crippen MR) is 197 cm³/mol. The van der Waals surface area contributed by atoms with E-state index in [4.69, 9.17) is 14.2 Å². The first-order valence-corrected chi connectivity index (χ1v) is 19.4. The van der Waals surface area contributed by atoms with Crippen molar-refractivity contribution in [1.82, 2.24) is 30.3 Å². The van der Waals surface area contributed by atoms with Gasteiger partial charge in [-0.3, -0.25) is 24.0 Å². The zero-order chi connectivity index (χ0) is 38.2. The van der Waals surface area contributed by atoms with Gasteiger partial charge in [0.25, 0.3) is 11.8 Å². The van der Waals surface area contributed by atoms with Crippen LogP contribution in [0, 0.1) is 6.92 Å². The molecule has 1 aromatic heterocycles. The fraction of sp³-hybridized carbons (Fsp3) is 0.615. The highest BCUT2D eigenvalue weighted by atomic mass is 16.6. The van der Waals surface area contributed by atoms with E-state index in [2.05, 4.69) is 15.6 Å². The maximum Gasteiger partial charge on any atom is 0.409 e. The molecule has 1 aromatic carbocycles. The molecule has 0 radical (unpaired) electrons. The molecule has 0 bridgehead atoms. The zero-order valence-corrected chi connectivity index (χ0v) is 31.3. The van der Waals surface area contributed by atoms with Crippen LogP contribution in [0.2, 0.25) is 0 Å². The Morgan fingerprint density at radius 2 is 1.63 bits per heavy atom. The van der Waals surface area contributed by atoms with Gasteiger partial charge in [0.05, 0.1) is 12.1 Å². The molecular weight excluding hydrogens is 696 g/mol. The predicted octanol–water partition coefficient (Wildman–Crippen LogP) is 3.25. The smallest absolute Gasteiger partial charge is 0.409 e. The van der Waals surface area contributed by atoms with Gasteiger partial charge in [-0.1, -0.05) is 6.07 Å². The van der Waals surface area contributed by atoms with Crippen molar-refractivity contribution in [3.63, 3.8) is 0 Å². The van der Waals surface area contributed by atoms with E-state index in [1.54, 1.807) is 22.8 Å². The van der Waals surface area contributed by atoms with E-state index in [-0.39, 0.29) is 93.5 Å². The Kier molecular flexibility index (Phi) is 12.9. The van der Waals surface area contributed by atoms with Crippen LogP contribution < -0.4 is 15.4 Å². The largest absolute Gasteiger partial charge is 0.483 e. The number of piperazine rings is 1. The first kappa shape index (κ1) is 38.8. The van der Waals surface area contributed by atoms with Crippen LogP contribution in [0.5, 0.6) is 5.75 Å². The van der Waals surface area contributed by atoms with Gasteiger partial charge >= 0.3 is 12.1 Å². The summed E-state index contributed by atoms with van der Waals surface area (Å²) in [6.45, 7) is 4.97. The highest BCUT2D eigenvalue weighted by molar-refractivity contribution is 5.99. The van der Waals surface area contributed by atoms with Gasteiger partial charge in [0.1, 0.15) is 29.6 Å². The van der Waals surface area contributed by atoms with E-state index < -0.39 is 30.1 Å². The number of pyridine rings is 1. The van der Waals surface area contributed by atoms with Crippen LogP contribution in [0.15, 0.2) is 24.3 Å². The first-order chi connectivity index (χ1) is 26.1. The summed E-state index contributed by atoms with van der Waals surface area (Å²) < 4.78 is 16.8. The molecule has 54 heavy (non-hydrogen) atoms. The number of carbonyl (C=O) groups is 6. The Morgan fingerprint density at radius 3 is 2.33 bits per heavy atom. The van der Waals surface area contributed by atoms with Crippen LogP contribution >= 0.6 is 0 Å². The lowest BCUT2D eigenvalue weighted by atomic mass is 9.93. The number of aromatic nitrogens is 1. The lowest BCUT2D eigenvalue weighted by Gasteiger charge is -2.36. The minimum Gasteiger partial charge on any atom is -0.483 e. The van der Waals surface area contributed by atoms with Crippen molar-refractivity contribution in [1.29, 1.82) is 0 Å². The van der Waals surface area contributed by atoms with E-state index in [1.807, 2.05) is 19.1 Å². The maximum absolute atomic E-state index is 13.9. The third-order valence-electron chi connectivity index (χ3n) is 10.8. The number of likely N-dealkylation sites (tertiary alicyclic amines) is 1. The lowest BCUT2D eigenvalue weighted by Crippen LogP contribution is -2.56. The topological polar surface area (TPSA) is 177 Å². The second-order valence-corrected chi connectivity index (χ2v) is 14.7. The molecule has 2 N–H and O–H groups in total. The van der Waals surface area contributed by atoms with Crippen molar-refractivity contribution in [2.45, 2.75) is 109 Å². The van der Waals surface area contributed by atoms with Gasteiger partial charge in [-0.15, -0.1) is 0 Å². The first-order valence-electron chi connectivity index (χ1n) is 19.4. The Hall–Kier alpha value is -4.95. The van der Waals surface area contributed by atoms with Crippen molar-refractivity contribution >= 4 is 46.6 Å². The Morgan fingerprint density at radius 1 is 0.889 bits per heavy atom. The normalized spacial score (nSPS) is 19.6. The second-order valence-electron chi connectivity index (χ2n) is 14.7. The Labute approximate surface area is 315 Å². The summed E-state index contributed by atoms with van der Waals surface area (Å²) in [5, 5.41) is 6.46. The minimum absolute atomic E-state index is 0.00406. The van der Waals surface area contributed by atoms with Crippen LogP contribution in [0.25, 0.3) is 10.9 Å². The average Bonchev–Trinajstić information content (AvgIpc) is 3.86. The molecule has 2 saturated carbocycles. The number of hydrogen-bond acceptors (Lipinski definition) is 10. The van der Waals surface area contributed by atoms with Gasteiger partial charge in [-0.2, -0.15) is 0 Å². The summed E-state index contributed by atoms with van der Waals surface area (Å²) in [5.41, 5.74) is 1.32. The van der Waals surface area contributed by atoms with Crippen molar-refractivity contribution in [3.8, 4) is 5.75 Å². The number of amides is 5. The molecule has 0 spiro atoms. The third kappa shape index (κ3) is 9.58. The maximum atomic E-state index is 13.9. The van der Waals surface area contributed by atoms with Crippen LogP contribution in [-0.2, 0) is 28.7 Å². The quantitative estimate of drug-likeness (QED) is 0.289. The number of aryl methyl sites for hydroxylation is 1. The van der Waals surface area contributed by atoms with Crippen LogP contribution in [0.3, 0.4) is 0 Å². The summed E-state index contributed by atoms with van der Waals surface area (Å²) in [4.78, 5) is 88.5. The van der Waals surface area contributed by atoms with Gasteiger partial charge in [0.15, 0.2) is 6.61 Å². The number of nitrogens with one attached hydrogen (secondary N) is 2. The minimum atomic E-state index is -1.08. The number of nitrogens with zero attached hydrogens (tertiary/aromatic N) is 4. The molecule has 2 unspecified atom stereocenters. The molecule has 15 nitrogen and oxygen atoms in total. The summed E-state index contributed by atoms with van der Waals surface area (Å²) in [5.74, 6) is -1.68. The Bertz CT molecular complexity index is 1720. The fourth-order valence-electron chi connectivity index (χ4n) is 7.50. The van der Waals surface area contributed by atoms with E-state index in [0.29, 0.717) is 23.9 Å². The number of rotatable bonds is 13. The van der Waals surface area contributed by atoms with Crippen LogP contribution in [0.1, 0.15) is 93.6 Å². The number of esters is 1.